The fraction of sp³-hybridized carbons (Fsp3) is 0.316. The Balaban J connectivity index is 1.89. The van der Waals surface area contributed by atoms with Gasteiger partial charge in [0.1, 0.15) is 5.60 Å². The van der Waals surface area contributed by atoms with E-state index in [4.69, 9.17) is 4.74 Å². The predicted octanol–water partition coefficient (Wildman–Crippen LogP) is 2.82. The number of carbonyl (C=O) groups excluding carboxylic acids is 1. The maximum atomic E-state index is 11.4. The van der Waals surface area contributed by atoms with Gasteiger partial charge in [-0.1, -0.05) is 24.0 Å². The van der Waals surface area contributed by atoms with E-state index in [1.165, 1.54) is 11.3 Å². The molecule has 0 saturated heterocycles. The average Bonchev–Trinajstić information content (AvgIpc) is 3.01. The van der Waals surface area contributed by atoms with E-state index in [0.717, 1.165) is 11.1 Å². The van der Waals surface area contributed by atoms with E-state index in [2.05, 4.69) is 27.4 Å². The minimum absolute atomic E-state index is 0.156. The highest BCUT2D eigenvalue weighted by Gasteiger charge is 2.08. The van der Waals surface area contributed by atoms with Crippen LogP contribution in [0.3, 0.4) is 0 Å². The predicted molar refractivity (Wildman–Crippen MR) is 103 cm³/mol. The van der Waals surface area contributed by atoms with Crippen LogP contribution in [-0.2, 0) is 16.0 Å². The molecule has 2 rings (SSSR count). The van der Waals surface area contributed by atoms with Gasteiger partial charge in [-0.3, -0.25) is 10.2 Å². The standard InChI is InChI=1S/C19H21N3O3S/c1-4-25-17(23)11-16-13-26-18(21-16)22-20-12-15-7-5-14(6-8-15)9-10-19(2,3)24/h5-8,12-13,24H,4,11H2,1-3H3,(H,21,22). The summed E-state index contributed by atoms with van der Waals surface area (Å²) in [5.74, 6) is 5.39. The molecule has 1 heterocycles. The van der Waals surface area contributed by atoms with Gasteiger partial charge in [-0.25, -0.2) is 4.98 Å². The number of nitrogens with zero attached hydrogens (tertiary/aromatic N) is 2. The van der Waals surface area contributed by atoms with Crippen LogP contribution in [0, 0.1) is 11.8 Å². The summed E-state index contributed by atoms with van der Waals surface area (Å²) in [5.41, 5.74) is 4.20. The molecule has 0 atom stereocenters. The van der Waals surface area contributed by atoms with Gasteiger partial charge in [0.15, 0.2) is 0 Å². The second-order valence-corrected chi connectivity index (χ2v) is 6.78. The van der Waals surface area contributed by atoms with Crippen molar-refractivity contribution >= 4 is 28.7 Å². The van der Waals surface area contributed by atoms with Crippen LogP contribution >= 0.6 is 11.3 Å². The van der Waals surface area contributed by atoms with E-state index in [-0.39, 0.29) is 12.4 Å². The molecule has 6 nitrogen and oxygen atoms in total. The molecule has 2 N–H and O–H groups in total. The van der Waals surface area contributed by atoms with Gasteiger partial charge in [0.05, 0.1) is 24.9 Å². The Morgan fingerprint density at radius 3 is 2.81 bits per heavy atom. The molecule has 0 aliphatic heterocycles. The summed E-state index contributed by atoms with van der Waals surface area (Å²) in [7, 11) is 0. The minimum atomic E-state index is -1.01. The fourth-order valence-electron chi connectivity index (χ4n) is 1.84. The summed E-state index contributed by atoms with van der Waals surface area (Å²) in [6, 6.07) is 7.49. The first-order chi connectivity index (χ1) is 12.4. The molecule has 2 aromatic rings. The summed E-state index contributed by atoms with van der Waals surface area (Å²) in [6.07, 6.45) is 1.82. The van der Waals surface area contributed by atoms with E-state index < -0.39 is 5.60 Å². The van der Waals surface area contributed by atoms with Crippen molar-refractivity contribution in [1.29, 1.82) is 0 Å². The number of nitrogens with one attached hydrogen (secondary N) is 1. The van der Waals surface area contributed by atoms with Crippen LogP contribution in [0.1, 0.15) is 37.6 Å². The largest absolute Gasteiger partial charge is 0.466 e. The van der Waals surface area contributed by atoms with E-state index >= 15 is 0 Å². The first-order valence-electron chi connectivity index (χ1n) is 8.10. The lowest BCUT2D eigenvalue weighted by atomic mass is 10.1. The zero-order chi connectivity index (χ0) is 19.0. The number of carbonyl (C=O) groups is 1. The quantitative estimate of drug-likeness (QED) is 0.353. The number of ether oxygens (including phenoxy) is 1. The topological polar surface area (TPSA) is 83.8 Å². The Bertz CT molecular complexity index is 824. The highest BCUT2D eigenvalue weighted by Crippen LogP contribution is 2.16. The third kappa shape index (κ3) is 7.05. The lowest BCUT2D eigenvalue weighted by Gasteiger charge is -2.05. The van der Waals surface area contributed by atoms with Gasteiger partial charge in [-0.15, -0.1) is 11.3 Å². The molecular weight excluding hydrogens is 350 g/mol. The molecule has 0 spiro atoms. The second kappa shape index (κ2) is 9.13. The Kier molecular flexibility index (Phi) is 6.89. The zero-order valence-corrected chi connectivity index (χ0v) is 15.8. The van der Waals surface area contributed by atoms with Crippen molar-refractivity contribution in [2.75, 3.05) is 12.0 Å². The van der Waals surface area contributed by atoms with E-state index in [1.54, 1.807) is 32.4 Å². The molecule has 0 amide bonds. The molecule has 0 bridgehead atoms. The lowest BCUT2D eigenvalue weighted by molar-refractivity contribution is -0.142. The molecule has 0 radical (unpaired) electrons. The van der Waals surface area contributed by atoms with Crippen molar-refractivity contribution in [3.8, 4) is 11.8 Å². The molecule has 26 heavy (non-hydrogen) atoms. The summed E-state index contributed by atoms with van der Waals surface area (Å²) in [5, 5.41) is 16.1. The number of esters is 1. The molecule has 0 unspecified atom stereocenters. The van der Waals surface area contributed by atoms with E-state index in [0.29, 0.717) is 17.4 Å². The molecule has 0 fully saturated rings. The number of hydrogen-bond acceptors (Lipinski definition) is 7. The number of rotatable bonds is 6. The van der Waals surface area contributed by atoms with E-state index in [9.17, 15) is 9.90 Å². The first-order valence-corrected chi connectivity index (χ1v) is 8.98. The highest BCUT2D eigenvalue weighted by atomic mass is 32.1. The zero-order valence-electron chi connectivity index (χ0n) is 14.9. The van der Waals surface area contributed by atoms with Crippen LogP contribution in [0.2, 0.25) is 0 Å². The minimum Gasteiger partial charge on any atom is -0.466 e. The maximum Gasteiger partial charge on any atom is 0.311 e. The van der Waals surface area contributed by atoms with Gasteiger partial charge in [-0.05, 0) is 38.5 Å². The summed E-state index contributed by atoms with van der Waals surface area (Å²) in [4.78, 5) is 15.7. The average molecular weight is 371 g/mol. The summed E-state index contributed by atoms with van der Waals surface area (Å²) >= 11 is 1.37. The molecule has 1 aromatic carbocycles. The normalized spacial score (nSPS) is 11.1. The van der Waals surface area contributed by atoms with Crippen molar-refractivity contribution in [3.63, 3.8) is 0 Å². The first kappa shape index (κ1) is 19.6. The molecule has 1 aromatic heterocycles. The highest BCUT2D eigenvalue weighted by molar-refractivity contribution is 7.13. The van der Waals surface area contributed by atoms with Crippen LogP contribution < -0.4 is 5.43 Å². The van der Waals surface area contributed by atoms with Gasteiger partial charge >= 0.3 is 5.97 Å². The lowest BCUT2D eigenvalue weighted by Crippen LogP contribution is -2.14. The van der Waals surface area contributed by atoms with Crippen molar-refractivity contribution in [1.82, 2.24) is 4.98 Å². The van der Waals surface area contributed by atoms with Gasteiger partial charge < -0.3 is 9.84 Å². The summed E-state index contributed by atoms with van der Waals surface area (Å²) < 4.78 is 4.89. The van der Waals surface area contributed by atoms with Crippen molar-refractivity contribution in [3.05, 3.63) is 46.5 Å². The number of anilines is 1. The SMILES string of the molecule is CCOC(=O)Cc1csc(NN=Cc2ccc(C#CC(C)(C)O)cc2)n1. The molecule has 136 valence electrons. The van der Waals surface area contributed by atoms with Crippen molar-refractivity contribution in [2.45, 2.75) is 32.8 Å². The Morgan fingerprint density at radius 2 is 2.15 bits per heavy atom. The second-order valence-electron chi connectivity index (χ2n) is 5.93. The van der Waals surface area contributed by atoms with Crippen LogP contribution in [0.4, 0.5) is 5.13 Å². The Labute approximate surface area is 156 Å². The van der Waals surface area contributed by atoms with Crippen molar-refractivity contribution < 1.29 is 14.6 Å². The molecule has 7 heteroatoms. The van der Waals surface area contributed by atoms with Crippen LogP contribution in [0.5, 0.6) is 0 Å². The molecule has 0 aliphatic carbocycles. The third-order valence-electron chi connectivity index (χ3n) is 2.98. The smallest absolute Gasteiger partial charge is 0.311 e. The summed E-state index contributed by atoms with van der Waals surface area (Å²) in [6.45, 7) is 5.42. The molecule has 0 aliphatic rings. The number of hydrogen-bond donors (Lipinski definition) is 2. The fourth-order valence-corrected chi connectivity index (χ4v) is 2.50. The molecule has 0 saturated carbocycles. The van der Waals surface area contributed by atoms with Crippen LogP contribution in [0.25, 0.3) is 0 Å². The van der Waals surface area contributed by atoms with Gasteiger partial charge in [0.25, 0.3) is 0 Å². The number of thiazole rings is 1. The van der Waals surface area contributed by atoms with Crippen LogP contribution in [0.15, 0.2) is 34.7 Å². The monoisotopic (exact) mass is 371 g/mol. The third-order valence-corrected chi connectivity index (χ3v) is 3.78. The number of benzene rings is 1. The number of hydrazone groups is 1. The maximum absolute atomic E-state index is 11.4. The van der Waals surface area contributed by atoms with Gasteiger partial charge in [0.2, 0.25) is 5.13 Å². The van der Waals surface area contributed by atoms with Gasteiger partial charge in [-0.2, -0.15) is 5.10 Å². The van der Waals surface area contributed by atoms with Crippen molar-refractivity contribution in [2.24, 2.45) is 5.10 Å². The van der Waals surface area contributed by atoms with Gasteiger partial charge in [0, 0.05) is 10.9 Å². The van der Waals surface area contributed by atoms with E-state index in [1.807, 2.05) is 24.3 Å². The van der Waals surface area contributed by atoms with Crippen LogP contribution in [-0.4, -0.2) is 34.5 Å². The Hall–Kier alpha value is -2.69. The molecular formula is C19H21N3O3S. The number of aliphatic hydroxyl groups is 1. The number of aromatic nitrogens is 1. The Morgan fingerprint density at radius 1 is 1.42 bits per heavy atom.